The first-order valence-corrected chi connectivity index (χ1v) is 9.15. The zero-order valence-corrected chi connectivity index (χ0v) is 16.3. The van der Waals surface area contributed by atoms with Crippen LogP contribution in [0.2, 0.25) is 0 Å². The molecule has 0 atom stereocenters. The number of aromatic nitrogens is 4. The lowest BCUT2D eigenvalue weighted by Gasteiger charge is -2.07. The lowest BCUT2D eigenvalue weighted by Crippen LogP contribution is -2.34. The number of hydrogen-bond donors (Lipinski definition) is 2. The molecular formula is C20H24N6O2. The molecule has 8 heteroatoms. The molecule has 2 amide bonds. The van der Waals surface area contributed by atoms with Crippen LogP contribution in [0.1, 0.15) is 34.2 Å². The number of benzene rings is 1. The minimum atomic E-state index is -0.326. The fourth-order valence-corrected chi connectivity index (χ4v) is 2.90. The van der Waals surface area contributed by atoms with E-state index >= 15 is 0 Å². The number of nitrogens with one attached hydrogen (secondary N) is 2. The van der Waals surface area contributed by atoms with Gasteiger partial charge in [-0.1, -0.05) is 24.3 Å². The number of hydrogen-bond acceptors (Lipinski definition) is 4. The van der Waals surface area contributed by atoms with Gasteiger partial charge in [0, 0.05) is 12.7 Å². The van der Waals surface area contributed by atoms with E-state index in [1.807, 2.05) is 32.0 Å². The van der Waals surface area contributed by atoms with Crippen molar-refractivity contribution in [1.82, 2.24) is 24.9 Å². The third kappa shape index (κ3) is 4.64. The average molecular weight is 380 g/mol. The van der Waals surface area contributed by atoms with Crippen molar-refractivity contribution in [1.29, 1.82) is 0 Å². The number of carbonyl (C=O) groups is 2. The van der Waals surface area contributed by atoms with Gasteiger partial charge in [-0.15, -0.1) is 0 Å². The molecule has 0 aliphatic heterocycles. The summed E-state index contributed by atoms with van der Waals surface area (Å²) in [6.45, 7) is 6.86. The van der Waals surface area contributed by atoms with Crippen LogP contribution in [-0.2, 0) is 17.9 Å². The van der Waals surface area contributed by atoms with E-state index in [2.05, 4.69) is 33.8 Å². The highest BCUT2D eigenvalue weighted by molar-refractivity contribution is 5.98. The van der Waals surface area contributed by atoms with E-state index < -0.39 is 0 Å². The zero-order valence-electron chi connectivity index (χ0n) is 16.3. The molecule has 0 bridgehead atoms. The molecule has 1 aromatic carbocycles. The third-order valence-electron chi connectivity index (χ3n) is 4.35. The summed E-state index contributed by atoms with van der Waals surface area (Å²) in [7, 11) is 0. The van der Waals surface area contributed by atoms with Crippen molar-refractivity contribution in [2.24, 2.45) is 0 Å². The lowest BCUT2D eigenvalue weighted by molar-refractivity contribution is -0.115. The molecule has 3 rings (SSSR count). The van der Waals surface area contributed by atoms with Crippen molar-refractivity contribution in [2.75, 3.05) is 11.9 Å². The maximum absolute atomic E-state index is 12.3. The maximum Gasteiger partial charge on any atom is 0.269 e. The molecule has 0 saturated heterocycles. The van der Waals surface area contributed by atoms with Crippen molar-refractivity contribution in [3.63, 3.8) is 0 Å². The molecule has 2 N–H and O–H groups in total. The molecule has 0 spiro atoms. The largest absolute Gasteiger partial charge is 0.342 e. The van der Waals surface area contributed by atoms with Crippen molar-refractivity contribution in [2.45, 2.75) is 33.9 Å². The van der Waals surface area contributed by atoms with Crippen molar-refractivity contribution < 1.29 is 9.59 Å². The van der Waals surface area contributed by atoms with Crippen LogP contribution in [0.25, 0.3) is 0 Å². The molecule has 0 aliphatic carbocycles. The Hall–Kier alpha value is -3.42. The molecule has 2 aromatic heterocycles. The minimum Gasteiger partial charge on any atom is -0.342 e. The van der Waals surface area contributed by atoms with Gasteiger partial charge in [-0.05, 0) is 38.0 Å². The molecule has 0 unspecified atom stereocenters. The highest BCUT2D eigenvalue weighted by atomic mass is 16.2. The Labute approximate surface area is 163 Å². The lowest BCUT2D eigenvalue weighted by atomic mass is 10.1. The highest BCUT2D eigenvalue weighted by Crippen LogP contribution is 2.11. The van der Waals surface area contributed by atoms with E-state index in [4.69, 9.17) is 0 Å². The number of rotatable bonds is 7. The summed E-state index contributed by atoms with van der Waals surface area (Å²) in [4.78, 5) is 24.4. The van der Waals surface area contributed by atoms with E-state index in [0.717, 1.165) is 5.69 Å². The second-order valence-electron chi connectivity index (χ2n) is 6.57. The molecule has 0 aliphatic rings. The van der Waals surface area contributed by atoms with Crippen LogP contribution in [0.5, 0.6) is 0 Å². The van der Waals surface area contributed by atoms with Gasteiger partial charge >= 0.3 is 0 Å². The molecule has 0 saturated carbocycles. The number of anilines is 1. The summed E-state index contributed by atoms with van der Waals surface area (Å²) < 4.78 is 3.37. The van der Waals surface area contributed by atoms with Crippen LogP contribution in [-0.4, -0.2) is 37.9 Å². The predicted octanol–water partition coefficient (Wildman–Crippen LogP) is 2.13. The maximum atomic E-state index is 12.3. The van der Waals surface area contributed by atoms with Crippen LogP contribution in [0.3, 0.4) is 0 Å². The number of nitrogens with zero attached hydrogens (tertiary/aromatic N) is 4. The van der Waals surface area contributed by atoms with Crippen LogP contribution in [0.15, 0.2) is 42.7 Å². The first kappa shape index (κ1) is 19.3. The number of carbonyl (C=O) groups excluding carboxylic acids is 2. The molecule has 0 radical (unpaired) electrons. The topological polar surface area (TPSA) is 93.8 Å². The van der Waals surface area contributed by atoms with Gasteiger partial charge in [0.15, 0.2) is 0 Å². The Kier molecular flexibility index (Phi) is 5.88. The predicted molar refractivity (Wildman–Crippen MR) is 106 cm³/mol. The van der Waals surface area contributed by atoms with Gasteiger partial charge in [-0.3, -0.25) is 19.0 Å². The van der Waals surface area contributed by atoms with E-state index in [-0.39, 0.29) is 18.4 Å². The van der Waals surface area contributed by atoms with E-state index in [9.17, 15) is 9.59 Å². The molecule has 8 nitrogen and oxygen atoms in total. The van der Waals surface area contributed by atoms with Crippen LogP contribution < -0.4 is 10.6 Å². The van der Waals surface area contributed by atoms with E-state index in [1.165, 1.54) is 11.1 Å². The summed E-state index contributed by atoms with van der Waals surface area (Å²) >= 11 is 0. The molecule has 146 valence electrons. The SMILES string of the molecule is CCn1nc(C)cc1C(=O)NCC(=O)Nc1cnn(Cc2ccccc2C)c1. The smallest absolute Gasteiger partial charge is 0.269 e. The van der Waals surface area contributed by atoms with Crippen molar-refractivity contribution >= 4 is 17.5 Å². The second kappa shape index (κ2) is 8.51. The molecule has 0 fully saturated rings. The Morgan fingerprint density at radius 2 is 1.96 bits per heavy atom. The van der Waals surface area contributed by atoms with Gasteiger partial charge in [0.2, 0.25) is 5.91 Å². The monoisotopic (exact) mass is 380 g/mol. The summed E-state index contributed by atoms with van der Waals surface area (Å²) in [5.74, 6) is -0.643. The fourth-order valence-electron chi connectivity index (χ4n) is 2.90. The first-order chi connectivity index (χ1) is 13.5. The van der Waals surface area contributed by atoms with Gasteiger partial charge in [0.25, 0.3) is 5.91 Å². The van der Waals surface area contributed by atoms with Crippen LogP contribution in [0.4, 0.5) is 5.69 Å². The van der Waals surface area contributed by atoms with Crippen LogP contribution >= 0.6 is 0 Å². The molecule has 28 heavy (non-hydrogen) atoms. The Morgan fingerprint density at radius 3 is 2.71 bits per heavy atom. The van der Waals surface area contributed by atoms with Gasteiger partial charge in [0.05, 0.1) is 30.7 Å². The normalized spacial score (nSPS) is 10.7. The van der Waals surface area contributed by atoms with Gasteiger partial charge < -0.3 is 10.6 Å². The fraction of sp³-hybridized carbons (Fsp3) is 0.300. The molecular weight excluding hydrogens is 356 g/mol. The Morgan fingerprint density at radius 1 is 1.18 bits per heavy atom. The Balaban J connectivity index is 1.53. The summed E-state index contributed by atoms with van der Waals surface area (Å²) in [6.07, 6.45) is 3.36. The van der Waals surface area contributed by atoms with Gasteiger partial charge in [0.1, 0.15) is 5.69 Å². The molecule has 2 heterocycles. The standard InChI is InChI=1S/C20H24N6O2/c1-4-26-18(9-15(3)24-26)20(28)21-11-19(27)23-17-10-22-25(13-17)12-16-8-6-5-7-14(16)2/h5-10,13H,4,11-12H2,1-3H3,(H,21,28)(H,23,27). The Bertz CT molecular complexity index is 988. The van der Waals surface area contributed by atoms with Crippen molar-refractivity contribution in [3.05, 3.63) is 65.2 Å². The minimum absolute atomic E-state index is 0.129. The summed E-state index contributed by atoms with van der Waals surface area (Å²) in [5, 5.41) is 13.9. The average Bonchev–Trinajstić information content (AvgIpc) is 3.27. The second-order valence-corrected chi connectivity index (χ2v) is 6.57. The van der Waals surface area contributed by atoms with Crippen molar-refractivity contribution in [3.8, 4) is 0 Å². The quantitative estimate of drug-likeness (QED) is 0.657. The highest BCUT2D eigenvalue weighted by Gasteiger charge is 2.14. The summed E-state index contributed by atoms with van der Waals surface area (Å²) in [5.41, 5.74) is 4.14. The van der Waals surface area contributed by atoms with Gasteiger partial charge in [-0.25, -0.2) is 0 Å². The van der Waals surface area contributed by atoms with Gasteiger partial charge in [-0.2, -0.15) is 10.2 Å². The molecule has 3 aromatic rings. The number of aryl methyl sites for hydroxylation is 3. The van der Waals surface area contributed by atoms with E-state index in [0.29, 0.717) is 24.5 Å². The third-order valence-corrected chi connectivity index (χ3v) is 4.35. The summed E-state index contributed by atoms with van der Waals surface area (Å²) in [6, 6.07) is 9.79. The van der Waals surface area contributed by atoms with E-state index in [1.54, 1.807) is 27.8 Å². The first-order valence-electron chi connectivity index (χ1n) is 9.15. The number of amides is 2. The zero-order chi connectivity index (χ0) is 20.1. The van der Waals surface area contributed by atoms with Crippen LogP contribution in [0, 0.1) is 13.8 Å².